The lowest BCUT2D eigenvalue weighted by atomic mass is 10.2. The van der Waals surface area contributed by atoms with Gasteiger partial charge in [-0.15, -0.1) is 0 Å². The second-order valence-electron chi connectivity index (χ2n) is 3.37. The van der Waals surface area contributed by atoms with E-state index in [2.05, 4.69) is 26.7 Å². The fourth-order valence-corrected chi connectivity index (χ4v) is 1.65. The molecule has 0 radical (unpaired) electrons. The molecule has 0 spiro atoms. The van der Waals surface area contributed by atoms with Crippen molar-refractivity contribution in [3.63, 3.8) is 0 Å². The van der Waals surface area contributed by atoms with Crippen molar-refractivity contribution in [2.24, 2.45) is 0 Å². The molecule has 0 saturated carbocycles. The molecule has 90 valence electrons. The number of halogens is 1. The third-order valence-corrected chi connectivity index (χ3v) is 2.84. The van der Waals surface area contributed by atoms with Gasteiger partial charge in [0.25, 0.3) is 5.91 Å². The van der Waals surface area contributed by atoms with Crippen LogP contribution in [0.15, 0.2) is 46.8 Å². The van der Waals surface area contributed by atoms with Crippen LogP contribution in [0.25, 0.3) is 0 Å². The molecule has 1 heterocycles. The van der Waals surface area contributed by atoms with Crippen molar-refractivity contribution in [1.29, 1.82) is 5.26 Å². The lowest BCUT2D eigenvalue weighted by Crippen LogP contribution is -2.21. The van der Waals surface area contributed by atoms with E-state index in [9.17, 15) is 4.79 Å². The van der Waals surface area contributed by atoms with E-state index >= 15 is 0 Å². The van der Waals surface area contributed by atoms with Crippen LogP contribution in [-0.2, 0) is 9.63 Å². The molecule has 0 saturated heterocycles. The van der Waals surface area contributed by atoms with E-state index in [0.29, 0.717) is 15.7 Å². The maximum atomic E-state index is 11.8. The van der Waals surface area contributed by atoms with Gasteiger partial charge in [-0.25, -0.2) is 5.48 Å². The van der Waals surface area contributed by atoms with E-state index in [0.717, 1.165) is 0 Å². The van der Waals surface area contributed by atoms with Crippen LogP contribution in [0.3, 0.4) is 0 Å². The molecule has 0 unspecified atom stereocenters. The number of rotatable bonds is 2. The number of carbonyl (C=O) groups excluding carboxylic acids is 1. The Balaban J connectivity index is 2.15. The van der Waals surface area contributed by atoms with Gasteiger partial charge in [-0.05, 0) is 46.3 Å². The number of hydrogen-bond acceptors (Lipinski definition) is 4. The lowest BCUT2D eigenvalue weighted by molar-refractivity contribution is -0.117. The molecule has 2 N–H and O–H groups in total. The molecule has 0 atom stereocenters. The van der Waals surface area contributed by atoms with Gasteiger partial charge in [0.2, 0.25) is 5.76 Å². The summed E-state index contributed by atoms with van der Waals surface area (Å²) >= 11 is 3.24. The van der Waals surface area contributed by atoms with Crippen LogP contribution >= 0.6 is 15.9 Å². The van der Waals surface area contributed by atoms with Crippen LogP contribution in [0.1, 0.15) is 5.56 Å². The maximum absolute atomic E-state index is 11.8. The molecule has 0 bridgehead atoms. The standard InChI is InChI=1S/C12H8BrN3O2/c13-10-4-3-9(6-8(10)7-14)16-12(17)11-2-1-5-15-18-11/h1-6,15H,(H,16,17). The number of benzene rings is 1. The van der Waals surface area contributed by atoms with E-state index in [4.69, 9.17) is 10.1 Å². The summed E-state index contributed by atoms with van der Waals surface area (Å²) in [6.45, 7) is 0. The quantitative estimate of drug-likeness (QED) is 0.878. The zero-order chi connectivity index (χ0) is 13.0. The van der Waals surface area contributed by atoms with Crippen molar-refractivity contribution in [3.05, 3.63) is 52.3 Å². The second kappa shape index (κ2) is 5.38. The molecule has 1 aromatic carbocycles. The Labute approximate surface area is 112 Å². The summed E-state index contributed by atoms with van der Waals surface area (Å²) in [6.07, 6.45) is 4.75. The molecule has 0 aromatic heterocycles. The van der Waals surface area contributed by atoms with Crippen molar-refractivity contribution in [2.45, 2.75) is 0 Å². The molecule has 18 heavy (non-hydrogen) atoms. The highest BCUT2D eigenvalue weighted by atomic mass is 79.9. The first-order valence-electron chi connectivity index (χ1n) is 5.01. The molecule has 1 amide bonds. The summed E-state index contributed by atoms with van der Waals surface area (Å²) in [6, 6.07) is 6.99. The predicted octanol–water partition coefficient (Wildman–Crippen LogP) is 2.19. The Morgan fingerprint density at radius 3 is 3.00 bits per heavy atom. The minimum atomic E-state index is -0.391. The van der Waals surface area contributed by atoms with Gasteiger partial charge in [0.15, 0.2) is 0 Å². The van der Waals surface area contributed by atoms with E-state index in [1.807, 2.05) is 6.07 Å². The van der Waals surface area contributed by atoms with Crippen LogP contribution < -0.4 is 10.8 Å². The topological polar surface area (TPSA) is 74.2 Å². The Bertz CT molecular complexity index is 587. The van der Waals surface area contributed by atoms with Crippen LogP contribution in [0.2, 0.25) is 0 Å². The van der Waals surface area contributed by atoms with Crippen LogP contribution in [0, 0.1) is 11.3 Å². The molecule has 2 rings (SSSR count). The van der Waals surface area contributed by atoms with E-state index in [-0.39, 0.29) is 5.76 Å². The van der Waals surface area contributed by atoms with Crippen molar-refractivity contribution in [3.8, 4) is 6.07 Å². The summed E-state index contributed by atoms with van der Waals surface area (Å²) in [7, 11) is 0. The summed E-state index contributed by atoms with van der Waals surface area (Å²) < 4.78 is 0.681. The molecule has 0 fully saturated rings. The number of amides is 1. The van der Waals surface area contributed by atoms with Gasteiger partial charge in [-0.2, -0.15) is 5.26 Å². The van der Waals surface area contributed by atoms with E-state index < -0.39 is 5.91 Å². The van der Waals surface area contributed by atoms with E-state index in [1.165, 1.54) is 6.08 Å². The van der Waals surface area contributed by atoms with Gasteiger partial charge >= 0.3 is 0 Å². The molecule has 1 aliphatic rings. The minimum absolute atomic E-state index is 0.152. The molecule has 6 heteroatoms. The summed E-state index contributed by atoms with van der Waals surface area (Å²) in [5.41, 5.74) is 3.44. The van der Waals surface area contributed by atoms with Gasteiger partial charge in [-0.3, -0.25) is 4.79 Å². The molecule has 5 nitrogen and oxygen atoms in total. The average Bonchev–Trinajstić information content (AvgIpc) is 2.42. The zero-order valence-electron chi connectivity index (χ0n) is 9.11. The Kier molecular flexibility index (Phi) is 3.65. The molecule has 1 aromatic rings. The van der Waals surface area contributed by atoms with Crippen molar-refractivity contribution < 1.29 is 9.63 Å². The third-order valence-electron chi connectivity index (χ3n) is 2.15. The number of anilines is 1. The summed E-state index contributed by atoms with van der Waals surface area (Å²) in [5, 5.41) is 11.5. The number of allylic oxidation sites excluding steroid dienone is 2. The van der Waals surface area contributed by atoms with Gasteiger partial charge in [-0.1, -0.05) is 0 Å². The number of nitrogens with one attached hydrogen (secondary N) is 2. The number of nitriles is 1. The number of hydrogen-bond donors (Lipinski definition) is 2. The SMILES string of the molecule is N#Cc1cc(NC(=O)C2=CC=CNO2)ccc1Br. The van der Waals surface area contributed by atoms with Crippen molar-refractivity contribution in [1.82, 2.24) is 5.48 Å². The minimum Gasteiger partial charge on any atom is -0.377 e. The summed E-state index contributed by atoms with van der Waals surface area (Å²) in [5.74, 6) is -0.239. The molecular weight excluding hydrogens is 298 g/mol. The first-order chi connectivity index (χ1) is 8.70. The number of hydroxylamine groups is 1. The van der Waals surface area contributed by atoms with E-state index in [1.54, 1.807) is 30.5 Å². The highest BCUT2D eigenvalue weighted by molar-refractivity contribution is 9.10. The zero-order valence-corrected chi connectivity index (χ0v) is 10.7. The fourth-order valence-electron chi connectivity index (χ4n) is 1.31. The van der Waals surface area contributed by atoms with Gasteiger partial charge in [0.1, 0.15) is 6.07 Å². The molecule has 0 aliphatic carbocycles. The van der Waals surface area contributed by atoms with Crippen LogP contribution in [0.5, 0.6) is 0 Å². The third kappa shape index (κ3) is 2.70. The normalized spacial score (nSPS) is 12.8. The Morgan fingerprint density at radius 1 is 1.50 bits per heavy atom. The summed E-state index contributed by atoms with van der Waals surface area (Å²) in [4.78, 5) is 16.7. The van der Waals surface area contributed by atoms with Crippen LogP contribution in [-0.4, -0.2) is 5.91 Å². The lowest BCUT2D eigenvalue weighted by Gasteiger charge is -2.12. The smallest absolute Gasteiger partial charge is 0.294 e. The number of nitrogens with zero attached hydrogens (tertiary/aromatic N) is 1. The fraction of sp³-hybridized carbons (Fsp3) is 0. The Morgan fingerprint density at radius 2 is 2.33 bits per heavy atom. The average molecular weight is 306 g/mol. The molecular formula is C12H8BrN3O2. The van der Waals surface area contributed by atoms with Crippen molar-refractivity contribution >= 4 is 27.5 Å². The van der Waals surface area contributed by atoms with Gasteiger partial charge in [0, 0.05) is 16.4 Å². The number of carbonyl (C=O) groups is 1. The first kappa shape index (κ1) is 12.2. The van der Waals surface area contributed by atoms with Crippen LogP contribution in [0.4, 0.5) is 5.69 Å². The predicted molar refractivity (Wildman–Crippen MR) is 68.9 cm³/mol. The Hall–Kier alpha value is -2.26. The highest BCUT2D eigenvalue weighted by Crippen LogP contribution is 2.20. The van der Waals surface area contributed by atoms with Crippen molar-refractivity contribution in [2.75, 3.05) is 5.32 Å². The van der Waals surface area contributed by atoms with Gasteiger partial charge in [0.05, 0.1) is 5.56 Å². The first-order valence-corrected chi connectivity index (χ1v) is 5.80. The highest BCUT2D eigenvalue weighted by Gasteiger charge is 2.13. The largest absolute Gasteiger partial charge is 0.377 e. The van der Waals surface area contributed by atoms with Gasteiger partial charge < -0.3 is 10.2 Å². The molecule has 1 aliphatic heterocycles. The monoisotopic (exact) mass is 305 g/mol. The second-order valence-corrected chi connectivity index (χ2v) is 4.22. The maximum Gasteiger partial charge on any atom is 0.294 e.